The second-order valence-electron chi connectivity index (χ2n) is 8.97. The summed E-state index contributed by atoms with van der Waals surface area (Å²) in [6.45, 7) is 6.66. The Bertz CT molecular complexity index is 630. The van der Waals surface area contributed by atoms with Gasteiger partial charge in [0.2, 0.25) is 0 Å². The Morgan fingerprint density at radius 2 is 2.04 bits per heavy atom. The molecule has 2 saturated carbocycles. The normalized spacial score (nSPS) is 31.8. The summed E-state index contributed by atoms with van der Waals surface area (Å²) in [4.78, 5) is 0. The molecule has 2 N–H and O–H groups in total. The summed E-state index contributed by atoms with van der Waals surface area (Å²) in [6, 6.07) is 0.910. The van der Waals surface area contributed by atoms with Crippen LogP contribution in [0, 0.1) is 11.8 Å². The molecular formula is C19H30N4S. The minimum Gasteiger partial charge on any atom is -0.360 e. The summed E-state index contributed by atoms with van der Waals surface area (Å²) in [6.07, 6.45) is 11.0. The zero-order valence-electron chi connectivity index (χ0n) is 15.1. The standard InChI is InChI=1S/C19H30N4S/c1-19(2,3)23-17-6-4-5-15(14(17)11-20-23)21-18(24)22-16-10-12-7-8-13(16)9-12/h11-13,15-16H,4-10H2,1-3H3,(H2,21,22,24). The van der Waals surface area contributed by atoms with Crippen molar-refractivity contribution < 1.29 is 0 Å². The van der Waals surface area contributed by atoms with Crippen molar-refractivity contribution in [3.63, 3.8) is 0 Å². The Balaban J connectivity index is 1.43. The van der Waals surface area contributed by atoms with E-state index in [4.69, 9.17) is 12.2 Å². The van der Waals surface area contributed by atoms with Gasteiger partial charge in [0.25, 0.3) is 0 Å². The van der Waals surface area contributed by atoms with Crippen molar-refractivity contribution in [3.05, 3.63) is 17.5 Å². The van der Waals surface area contributed by atoms with E-state index < -0.39 is 0 Å². The lowest BCUT2D eigenvalue weighted by atomic mass is 9.92. The molecule has 0 aromatic carbocycles. The zero-order chi connectivity index (χ0) is 16.9. The summed E-state index contributed by atoms with van der Waals surface area (Å²) >= 11 is 5.65. The molecule has 0 saturated heterocycles. The molecule has 4 atom stereocenters. The van der Waals surface area contributed by atoms with E-state index in [-0.39, 0.29) is 5.54 Å². The second kappa shape index (κ2) is 6.01. The minimum atomic E-state index is 0.0390. The van der Waals surface area contributed by atoms with E-state index in [1.54, 1.807) is 0 Å². The van der Waals surface area contributed by atoms with Crippen LogP contribution < -0.4 is 10.6 Å². The predicted molar refractivity (Wildman–Crippen MR) is 101 cm³/mol. The van der Waals surface area contributed by atoms with Crippen LogP contribution in [-0.2, 0) is 12.0 Å². The van der Waals surface area contributed by atoms with E-state index in [0.29, 0.717) is 12.1 Å². The summed E-state index contributed by atoms with van der Waals surface area (Å²) in [7, 11) is 0. The molecule has 1 aromatic heterocycles. The number of rotatable bonds is 2. The van der Waals surface area contributed by atoms with E-state index in [1.807, 2.05) is 0 Å². The van der Waals surface area contributed by atoms with Gasteiger partial charge in [-0.25, -0.2) is 0 Å². The molecule has 0 aliphatic heterocycles. The van der Waals surface area contributed by atoms with Gasteiger partial charge in [0.15, 0.2) is 5.11 Å². The molecule has 4 rings (SSSR count). The highest BCUT2D eigenvalue weighted by atomic mass is 32.1. The molecule has 0 amide bonds. The van der Waals surface area contributed by atoms with E-state index in [0.717, 1.165) is 29.8 Å². The fraction of sp³-hybridized carbons (Fsp3) is 0.789. The molecule has 24 heavy (non-hydrogen) atoms. The first-order chi connectivity index (χ1) is 11.4. The van der Waals surface area contributed by atoms with Crippen molar-refractivity contribution in [1.29, 1.82) is 0 Å². The molecule has 3 aliphatic carbocycles. The summed E-state index contributed by atoms with van der Waals surface area (Å²) < 4.78 is 2.20. The van der Waals surface area contributed by atoms with Crippen molar-refractivity contribution in [3.8, 4) is 0 Å². The average molecular weight is 347 g/mol. The minimum absolute atomic E-state index is 0.0390. The van der Waals surface area contributed by atoms with Crippen molar-refractivity contribution in [2.75, 3.05) is 0 Å². The maximum Gasteiger partial charge on any atom is 0.167 e. The molecule has 1 heterocycles. The van der Waals surface area contributed by atoms with E-state index in [1.165, 1.54) is 43.4 Å². The molecule has 1 aromatic rings. The fourth-order valence-corrected chi connectivity index (χ4v) is 5.37. The van der Waals surface area contributed by atoms with Gasteiger partial charge in [-0.15, -0.1) is 0 Å². The Morgan fingerprint density at radius 3 is 2.71 bits per heavy atom. The largest absolute Gasteiger partial charge is 0.360 e. The molecule has 2 bridgehead atoms. The van der Waals surface area contributed by atoms with Crippen molar-refractivity contribution in [1.82, 2.24) is 20.4 Å². The zero-order valence-corrected chi connectivity index (χ0v) is 16.0. The number of hydrogen-bond acceptors (Lipinski definition) is 2. The van der Waals surface area contributed by atoms with Gasteiger partial charge < -0.3 is 10.6 Å². The molecule has 0 radical (unpaired) electrons. The third-order valence-corrected chi connectivity index (χ3v) is 6.41. The van der Waals surface area contributed by atoms with Crippen molar-refractivity contribution >= 4 is 17.3 Å². The molecule has 4 nitrogen and oxygen atoms in total. The summed E-state index contributed by atoms with van der Waals surface area (Å²) in [5.74, 6) is 1.79. The van der Waals surface area contributed by atoms with Gasteiger partial charge in [-0.1, -0.05) is 6.42 Å². The van der Waals surface area contributed by atoms with Gasteiger partial charge in [-0.05, 0) is 83.3 Å². The molecule has 3 aliphatic rings. The lowest BCUT2D eigenvalue weighted by Crippen LogP contribution is -2.45. The maximum absolute atomic E-state index is 5.65. The highest BCUT2D eigenvalue weighted by molar-refractivity contribution is 7.80. The first kappa shape index (κ1) is 16.4. The highest BCUT2D eigenvalue weighted by Gasteiger charge is 2.40. The van der Waals surface area contributed by atoms with Gasteiger partial charge in [-0.2, -0.15) is 5.10 Å². The number of aromatic nitrogens is 2. The van der Waals surface area contributed by atoms with Gasteiger partial charge in [-0.3, -0.25) is 4.68 Å². The molecule has 2 fully saturated rings. The van der Waals surface area contributed by atoms with Crippen LogP contribution in [0.4, 0.5) is 0 Å². The van der Waals surface area contributed by atoms with Crippen LogP contribution >= 0.6 is 12.2 Å². The predicted octanol–water partition coefficient (Wildman–Crippen LogP) is 3.67. The van der Waals surface area contributed by atoms with Gasteiger partial charge in [0.1, 0.15) is 0 Å². The Labute approximate surface area is 150 Å². The lowest BCUT2D eigenvalue weighted by Gasteiger charge is -2.30. The van der Waals surface area contributed by atoms with Gasteiger partial charge in [0, 0.05) is 17.3 Å². The SMILES string of the molecule is CC(C)(C)n1ncc2c1CCCC2NC(=S)NC1CC2CCC1C2. The molecule has 5 heteroatoms. The van der Waals surface area contributed by atoms with Crippen LogP contribution in [0.5, 0.6) is 0 Å². The number of nitrogens with zero attached hydrogens (tertiary/aromatic N) is 2. The van der Waals surface area contributed by atoms with Crippen LogP contribution in [0.3, 0.4) is 0 Å². The fourth-order valence-electron chi connectivity index (χ4n) is 5.07. The summed E-state index contributed by atoms with van der Waals surface area (Å²) in [5, 5.41) is 12.7. The number of thiocarbonyl (C=S) groups is 1. The topological polar surface area (TPSA) is 41.9 Å². The molecule has 0 spiro atoms. The smallest absolute Gasteiger partial charge is 0.167 e. The Hall–Kier alpha value is -1.10. The van der Waals surface area contributed by atoms with E-state index in [2.05, 4.69) is 47.4 Å². The summed E-state index contributed by atoms with van der Waals surface area (Å²) in [5.41, 5.74) is 2.76. The maximum atomic E-state index is 5.65. The lowest BCUT2D eigenvalue weighted by molar-refractivity contribution is 0.336. The molecule has 132 valence electrons. The van der Waals surface area contributed by atoms with Crippen LogP contribution in [0.25, 0.3) is 0 Å². The van der Waals surface area contributed by atoms with Gasteiger partial charge >= 0.3 is 0 Å². The number of fused-ring (bicyclic) bond motifs is 3. The Morgan fingerprint density at radius 1 is 1.21 bits per heavy atom. The van der Waals surface area contributed by atoms with Gasteiger partial charge in [0.05, 0.1) is 17.8 Å². The molecular weight excluding hydrogens is 316 g/mol. The molecule has 4 unspecified atom stereocenters. The number of nitrogens with one attached hydrogen (secondary N) is 2. The monoisotopic (exact) mass is 346 g/mol. The van der Waals surface area contributed by atoms with Crippen LogP contribution in [-0.4, -0.2) is 20.9 Å². The van der Waals surface area contributed by atoms with Crippen LogP contribution in [0.2, 0.25) is 0 Å². The highest BCUT2D eigenvalue weighted by Crippen LogP contribution is 2.44. The number of hydrogen-bond donors (Lipinski definition) is 2. The third kappa shape index (κ3) is 2.96. The average Bonchev–Trinajstić information content (AvgIpc) is 3.20. The quantitative estimate of drug-likeness (QED) is 0.802. The Kier molecular flexibility index (Phi) is 4.10. The van der Waals surface area contributed by atoms with E-state index >= 15 is 0 Å². The third-order valence-electron chi connectivity index (χ3n) is 6.18. The van der Waals surface area contributed by atoms with Crippen LogP contribution in [0.1, 0.15) is 76.6 Å². The first-order valence-electron chi connectivity index (χ1n) is 9.56. The van der Waals surface area contributed by atoms with Crippen molar-refractivity contribution in [2.45, 2.75) is 83.3 Å². The first-order valence-corrected chi connectivity index (χ1v) is 9.97. The van der Waals surface area contributed by atoms with Crippen LogP contribution in [0.15, 0.2) is 6.20 Å². The van der Waals surface area contributed by atoms with E-state index in [9.17, 15) is 0 Å². The van der Waals surface area contributed by atoms with Crippen molar-refractivity contribution in [2.24, 2.45) is 11.8 Å². The second-order valence-corrected chi connectivity index (χ2v) is 9.38.